The van der Waals surface area contributed by atoms with Crippen molar-refractivity contribution in [1.29, 1.82) is 0 Å². The van der Waals surface area contributed by atoms with Crippen LogP contribution >= 0.6 is 0 Å². The van der Waals surface area contributed by atoms with E-state index in [1.54, 1.807) is 0 Å². The third kappa shape index (κ3) is 1.86. The van der Waals surface area contributed by atoms with Crippen LogP contribution in [0.5, 0.6) is 0 Å². The van der Waals surface area contributed by atoms with Gasteiger partial charge in [0.25, 0.3) is 5.56 Å². The zero-order chi connectivity index (χ0) is 13.4. The molecule has 3 rings (SSSR count). The number of nitrogens with zero attached hydrogens (tertiary/aromatic N) is 2. The summed E-state index contributed by atoms with van der Waals surface area (Å²) in [5.41, 5.74) is 5.39. The van der Waals surface area contributed by atoms with Crippen molar-refractivity contribution in [3.63, 3.8) is 0 Å². The Morgan fingerprint density at radius 2 is 1.74 bits per heavy atom. The number of fused-ring (bicyclic) bond motifs is 1. The molecule has 0 aliphatic heterocycles. The highest BCUT2D eigenvalue weighted by Crippen LogP contribution is 2.18. The summed E-state index contributed by atoms with van der Waals surface area (Å²) >= 11 is 0. The molecule has 4 N–H and O–H groups in total. The molecular formula is C12H9N5O2. The molecule has 2 aromatic heterocycles. The fraction of sp³-hybridized carbons (Fsp3) is 0. The number of anilines is 1. The molecule has 3 aromatic rings. The molecule has 0 amide bonds. The van der Waals surface area contributed by atoms with Crippen molar-refractivity contribution in [1.82, 2.24) is 19.9 Å². The van der Waals surface area contributed by atoms with Crippen LogP contribution in [0.1, 0.15) is 0 Å². The van der Waals surface area contributed by atoms with Crippen molar-refractivity contribution in [2.45, 2.75) is 0 Å². The van der Waals surface area contributed by atoms with Gasteiger partial charge in [0.2, 0.25) is 0 Å². The number of hydrogen-bond donors (Lipinski definition) is 3. The minimum Gasteiger partial charge on any atom is -0.383 e. The molecule has 94 valence electrons. The van der Waals surface area contributed by atoms with Crippen molar-refractivity contribution >= 4 is 16.9 Å². The Bertz CT molecular complexity index is 867. The minimum absolute atomic E-state index is 0.0290. The standard InChI is InChI=1S/C12H9N5O2/c13-8-7-10(16-12(19)17-11(7)18)15-9(14-8)6-4-2-1-3-5-6/h1-5H,(H4,13,14,15,16,17,18,19). The second-order valence-corrected chi connectivity index (χ2v) is 3.93. The fourth-order valence-corrected chi connectivity index (χ4v) is 1.81. The monoisotopic (exact) mass is 255 g/mol. The lowest BCUT2D eigenvalue weighted by atomic mass is 10.2. The lowest BCUT2D eigenvalue weighted by Crippen LogP contribution is -2.23. The molecule has 19 heavy (non-hydrogen) atoms. The van der Waals surface area contributed by atoms with E-state index in [1.165, 1.54) is 0 Å². The van der Waals surface area contributed by atoms with Crippen LogP contribution in [0.2, 0.25) is 0 Å². The fourth-order valence-electron chi connectivity index (χ4n) is 1.81. The summed E-state index contributed by atoms with van der Waals surface area (Å²) in [7, 11) is 0. The van der Waals surface area contributed by atoms with Gasteiger partial charge in [0.15, 0.2) is 11.5 Å². The Morgan fingerprint density at radius 1 is 1.00 bits per heavy atom. The molecule has 0 aliphatic carbocycles. The smallest absolute Gasteiger partial charge is 0.327 e. The van der Waals surface area contributed by atoms with E-state index < -0.39 is 11.2 Å². The molecule has 7 nitrogen and oxygen atoms in total. The van der Waals surface area contributed by atoms with Gasteiger partial charge in [-0.1, -0.05) is 30.3 Å². The first kappa shape index (κ1) is 11.1. The molecule has 0 radical (unpaired) electrons. The minimum atomic E-state index is -0.630. The van der Waals surface area contributed by atoms with Crippen LogP contribution < -0.4 is 17.0 Å². The van der Waals surface area contributed by atoms with Crippen LogP contribution in [0.25, 0.3) is 22.4 Å². The molecule has 0 atom stereocenters. The van der Waals surface area contributed by atoms with Crippen LogP contribution in [0.15, 0.2) is 39.9 Å². The largest absolute Gasteiger partial charge is 0.383 e. The topological polar surface area (TPSA) is 118 Å². The van der Waals surface area contributed by atoms with Crippen molar-refractivity contribution in [2.75, 3.05) is 5.73 Å². The summed E-state index contributed by atoms with van der Waals surface area (Å²) in [5, 5.41) is 0.0827. The van der Waals surface area contributed by atoms with Gasteiger partial charge in [-0.15, -0.1) is 0 Å². The molecule has 0 fully saturated rings. The Kier molecular flexibility index (Phi) is 2.38. The molecule has 7 heteroatoms. The van der Waals surface area contributed by atoms with Gasteiger partial charge in [-0.25, -0.2) is 14.8 Å². The number of hydrogen-bond acceptors (Lipinski definition) is 5. The Labute approximate surface area is 106 Å². The molecule has 0 aliphatic rings. The third-order valence-electron chi connectivity index (χ3n) is 2.66. The average molecular weight is 255 g/mol. The average Bonchev–Trinajstić information content (AvgIpc) is 2.38. The number of nitrogens with two attached hydrogens (primary N) is 1. The van der Waals surface area contributed by atoms with Crippen molar-refractivity contribution in [2.24, 2.45) is 0 Å². The van der Waals surface area contributed by atoms with Crippen LogP contribution in [0.3, 0.4) is 0 Å². The molecule has 0 bridgehead atoms. The molecule has 2 heterocycles. The maximum Gasteiger partial charge on any atom is 0.327 e. The lowest BCUT2D eigenvalue weighted by Gasteiger charge is -2.04. The number of aromatic amines is 2. The van der Waals surface area contributed by atoms with Crippen LogP contribution in [-0.2, 0) is 0 Å². The number of nitrogen functional groups attached to an aromatic ring is 1. The summed E-state index contributed by atoms with van der Waals surface area (Å²) in [6, 6.07) is 9.15. The quantitative estimate of drug-likeness (QED) is 0.576. The lowest BCUT2D eigenvalue weighted by molar-refractivity contribution is 1.05. The maximum atomic E-state index is 11.6. The van der Waals surface area contributed by atoms with E-state index in [4.69, 9.17) is 5.73 Å². The maximum absolute atomic E-state index is 11.6. The van der Waals surface area contributed by atoms with E-state index in [-0.39, 0.29) is 16.9 Å². The highest BCUT2D eigenvalue weighted by molar-refractivity contribution is 5.85. The summed E-state index contributed by atoms with van der Waals surface area (Å²) in [4.78, 5) is 35.7. The van der Waals surface area contributed by atoms with Crippen LogP contribution in [0, 0.1) is 0 Å². The van der Waals surface area contributed by atoms with Gasteiger partial charge in [0.1, 0.15) is 11.2 Å². The van der Waals surface area contributed by atoms with Crippen molar-refractivity contribution in [3.05, 3.63) is 51.2 Å². The molecular weight excluding hydrogens is 246 g/mol. The first-order chi connectivity index (χ1) is 9.15. The third-order valence-corrected chi connectivity index (χ3v) is 2.66. The zero-order valence-corrected chi connectivity index (χ0v) is 9.68. The molecule has 0 saturated heterocycles. The van der Waals surface area contributed by atoms with Gasteiger partial charge in [0.05, 0.1) is 0 Å². The summed E-state index contributed by atoms with van der Waals surface area (Å²) in [6.45, 7) is 0. The molecule has 0 unspecified atom stereocenters. The van der Waals surface area contributed by atoms with E-state index in [9.17, 15) is 9.59 Å². The van der Waals surface area contributed by atoms with E-state index in [1.807, 2.05) is 30.3 Å². The van der Waals surface area contributed by atoms with E-state index in [0.29, 0.717) is 5.82 Å². The van der Waals surface area contributed by atoms with E-state index >= 15 is 0 Å². The second kappa shape index (κ2) is 4.05. The molecule has 0 spiro atoms. The summed E-state index contributed by atoms with van der Waals surface area (Å²) in [6.07, 6.45) is 0. The van der Waals surface area contributed by atoms with Gasteiger partial charge in [-0.2, -0.15) is 0 Å². The molecule has 1 aromatic carbocycles. The summed E-state index contributed by atoms with van der Waals surface area (Å²) in [5.74, 6) is 0.383. The van der Waals surface area contributed by atoms with Gasteiger partial charge in [-0.3, -0.25) is 14.8 Å². The normalized spacial score (nSPS) is 10.7. The molecule has 0 saturated carbocycles. The Hall–Kier alpha value is -2.96. The van der Waals surface area contributed by atoms with Gasteiger partial charge in [0, 0.05) is 5.56 Å². The highest BCUT2D eigenvalue weighted by atomic mass is 16.2. The summed E-state index contributed by atoms with van der Waals surface area (Å²) < 4.78 is 0. The number of H-pyrrole nitrogens is 2. The second-order valence-electron chi connectivity index (χ2n) is 3.93. The van der Waals surface area contributed by atoms with E-state index in [0.717, 1.165) is 5.56 Å². The van der Waals surface area contributed by atoms with Crippen molar-refractivity contribution < 1.29 is 0 Å². The predicted molar refractivity (Wildman–Crippen MR) is 70.6 cm³/mol. The van der Waals surface area contributed by atoms with Gasteiger partial charge < -0.3 is 5.73 Å². The van der Waals surface area contributed by atoms with E-state index in [2.05, 4.69) is 19.9 Å². The SMILES string of the molecule is Nc1nc(-c2ccccc2)nc2[nH]c(=O)[nH]c(=O)c12. The van der Waals surface area contributed by atoms with Crippen molar-refractivity contribution in [3.8, 4) is 11.4 Å². The number of benzene rings is 1. The predicted octanol–water partition coefficient (Wildman–Crippen LogP) is 0.256. The Morgan fingerprint density at radius 3 is 2.47 bits per heavy atom. The number of nitrogens with one attached hydrogen (secondary N) is 2. The van der Waals surface area contributed by atoms with Gasteiger partial charge >= 0.3 is 5.69 Å². The van der Waals surface area contributed by atoms with Gasteiger partial charge in [-0.05, 0) is 0 Å². The Balaban J connectivity index is 2.37. The number of aromatic nitrogens is 4. The first-order valence-corrected chi connectivity index (χ1v) is 5.50. The number of rotatable bonds is 1. The van der Waals surface area contributed by atoms with Crippen LogP contribution in [-0.4, -0.2) is 19.9 Å². The zero-order valence-electron chi connectivity index (χ0n) is 9.68. The highest BCUT2D eigenvalue weighted by Gasteiger charge is 2.11. The first-order valence-electron chi connectivity index (χ1n) is 5.50. The van der Waals surface area contributed by atoms with Crippen LogP contribution in [0.4, 0.5) is 5.82 Å².